The van der Waals surface area contributed by atoms with Crippen molar-refractivity contribution in [3.05, 3.63) is 47.8 Å². The number of benzene rings is 1. The van der Waals surface area contributed by atoms with Crippen molar-refractivity contribution in [2.45, 2.75) is 20.8 Å². The molecule has 0 aliphatic carbocycles. The van der Waals surface area contributed by atoms with Crippen LogP contribution in [0.5, 0.6) is 11.5 Å². The van der Waals surface area contributed by atoms with E-state index in [0.717, 1.165) is 0 Å². The SMILES string of the molecule is CCOC(=O)c1cnc2nc(C)c(OCC)cc2c1Nc1ccc(OCC(N)=O)cc1.Cl. The first kappa shape index (κ1) is 24.7. The number of nitrogens with two attached hydrogens (primary N) is 1. The number of aryl methyl sites for hydroxylation is 1. The first-order valence-electron chi connectivity index (χ1n) is 9.81. The van der Waals surface area contributed by atoms with Crippen LogP contribution in [-0.2, 0) is 9.53 Å². The Labute approximate surface area is 191 Å². The van der Waals surface area contributed by atoms with E-state index in [1.165, 1.54) is 6.20 Å². The van der Waals surface area contributed by atoms with Crippen LogP contribution >= 0.6 is 12.4 Å². The number of carbonyl (C=O) groups excluding carboxylic acids is 2. The highest BCUT2D eigenvalue weighted by Crippen LogP contribution is 2.33. The molecule has 2 aromatic heterocycles. The number of rotatable bonds is 9. The molecule has 1 aromatic carbocycles. The average molecular weight is 461 g/mol. The largest absolute Gasteiger partial charge is 0.492 e. The molecule has 32 heavy (non-hydrogen) atoms. The number of esters is 1. The van der Waals surface area contributed by atoms with Gasteiger partial charge in [0.05, 0.1) is 24.6 Å². The summed E-state index contributed by atoms with van der Waals surface area (Å²) in [6.45, 7) is 5.97. The standard InChI is InChI=1S/C22H24N4O5.ClH/c1-4-29-18-10-16-20(26-14-6-8-15(9-7-14)31-12-19(23)27)17(22(28)30-5-2)11-24-21(16)25-13(18)3;/h6-11H,4-5,12H2,1-3H3,(H2,23,27)(H,24,25,26);1H. The van der Waals surface area contributed by atoms with Crippen molar-refractivity contribution in [3.63, 3.8) is 0 Å². The number of anilines is 2. The zero-order chi connectivity index (χ0) is 22.4. The Bertz CT molecular complexity index is 1110. The van der Waals surface area contributed by atoms with E-state index in [2.05, 4.69) is 15.3 Å². The van der Waals surface area contributed by atoms with Crippen LogP contribution in [0.15, 0.2) is 36.5 Å². The van der Waals surface area contributed by atoms with Crippen molar-refractivity contribution in [2.24, 2.45) is 5.73 Å². The van der Waals surface area contributed by atoms with Gasteiger partial charge in [0.2, 0.25) is 0 Å². The maximum atomic E-state index is 12.6. The summed E-state index contributed by atoms with van der Waals surface area (Å²) in [6.07, 6.45) is 1.44. The maximum Gasteiger partial charge on any atom is 0.341 e. The zero-order valence-corrected chi connectivity index (χ0v) is 18.8. The molecule has 3 rings (SSSR count). The van der Waals surface area contributed by atoms with E-state index in [1.54, 1.807) is 31.2 Å². The molecule has 10 heteroatoms. The third kappa shape index (κ3) is 5.76. The molecule has 0 fully saturated rings. The fourth-order valence-electron chi connectivity index (χ4n) is 2.93. The second kappa shape index (κ2) is 11.1. The molecule has 0 spiro atoms. The van der Waals surface area contributed by atoms with Gasteiger partial charge >= 0.3 is 5.97 Å². The van der Waals surface area contributed by atoms with Crippen molar-refractivity contribution in [2.75, 3.05) is 25.1 Å². The van der Waals surface area contributed by atoms with Crippen LogP contribution in [0.4, 0.5) is 11.4 Å². The molecule has 3 N–H and O–H groups in total. The quantitative estimate of drug-likeness (QED) is 0.464. The lowest BCUT2D eigenvalue weighted by atomic mass is 10.1. The predicted molar refractivity (Wildman–Crippen MR) is 123 cm³/mol. The van der Waals surface area contributed by atoms with Gasteiger partial charge in [0, 0.05) is 17.3 Å². The molecule has 0 aliphatic heterocycles. The van der Waals surface area contributed by atoms with Gasteiger partial charge in [-0.25, -0.2) is 14.8 Å². The molecule has 0 atom stereocenters. The number of primary amides is 1. The summed E-state index contributed by atoms with van der Waals surface area (Å²) in [5, 5.41) is 3.87. The summed E-state index contributed by atoms with van der Waals surface area (Å²) >= 11 is 0. The second-order valence-electron chi connectivity index (χ2n) is 6.55. The van der Waals surface area contributed by atoms with Gasteiger partial charge in [-0.3, -0.25) is 4.79 Å². The van der Waals surface area contributed by atoms with Crippen molar-refractivity contribution < 1.29 is 23.8 Å². The Balaban J connectivity index is 0.00000363. The number of pyridine rings is 2. The van der Waals surface area contributed by atoms with Crippen LogP contribution in [0.1, 0.15) is 29.9 Å². The third-order valence-electron chi connectivity index (χ3n) is 4.30. The van der Waals surface area contributed by atoms with Gasteiger partial charge in [-0.05, 0) is 51.1 Å². The second-order valence-corrected chi connectivity index (χ2v) is 6.55. The van der Waals surface area contributed by atoms with Gasteiger partial charge in [0.1, 0.15) is 17.1 Å². The highest BCUT2D eigenvalue weighted by molar-refractivity contribution is 6.05. The van der Waals surface area contributed by atoms with Gasteiger partial charge in [0.15, 0.2) is 12.3 Å². The molecule has 3 aromatic rings. The molecule has 0 saturated heterocycles. The first-order chi connectivity index (χ1) is 14.9. The lowest BCUT2D eigenvalue weighted by Gasteiger charge is -2.16. The van der Waals surface area contributed by atoms with Crippen molar-refractivity contribution >= 4 is 46.7 Å². The number of ether oxygens (including phenoxy) is 3. The minimum absolute atomic E-state index is 0. The number of nitrogens with zero attached hydrogens (tertiary/aromatic N) is 2. The van der Waals surface area contributed by atoms with Crippen molar-refractivity contribution in [1.29, 1.82) is 0 Å². The van der Waals surface area contributed by atoms with Crippen LogP contribution in [0.3, 0.4) is 0 Å². The van der Waals surface area contributed by atoms with Crippen molar-refractivity contribution in [1.82, 2.24) is 9.97 Å². The predicted octanol–water partition coefficient (Wildman–Crippen LogP) is 3.54. The highest BCUT2D eigenvalue weighted by Gasteiger charge is 2.19. The molecule has 9 nitrogen and oxygen atoms in total. The number of hydrogen-bond donors (Lipinski definition) is 2. The molecule has 0 unspecified atom stereocenters. The number of halogens is 1. The lowest BCUT2D eigenvalue weighted by Crippen LogP contribution is -2.19. The molecular weight excluding hydrogens is 436 g/mol. The smallest absolute Gasteiger partial charge is 0.341 e. The number of hydrogen-bond acceptors (Lipinski definition) is 8. The molecule has 0 bridgehead atoms. The van der Waals surface area contributed by atoms with Crippen LogP contribution < -0.4 is 20.5 Å². The van der Waals surface area contributed by atoms with E-state index in [4.69, 9.17) is 19.9 Å². The Morgan fingerprint density at radius 1 is 1.09 bits per heavy atom. The third-order valence-corrected chi connectivity index (χ3v) is 4.30. The molecular formula is C22H25ClN4O5. The Morgan fingerprint density at radius 2 is 1.81 bits per heavy atom. The first-order valence-corrected chi connectivity index (χ1v) is 9.81. The molecule has 1 amide bonds. The summed E-state index contributed by atoms with van der Waals surface area (Å²) in [6, 6.07) is 8.69. The topological polar surface area (TPSA) is 126 Å². The number of nitrogens with one attached hydrogen (secondary N) is 1. The molecule has 0 saturated carbocycles. The Morgan fingerprint density at radius 3 is 2.44 bits per heavy atom. The molecule has 0 radical (unpaired) electrons. The van der Waals surface area contributed by atoms with Gasteiger partial charge in [-0.1, -0.05) is 0 Å². The lowest BCUT2D eigenvalue weighted by molar-refractivity contribution is -0.119. The number of aromatic nitrogens is 2. The monoisotopic (exact) mass is 460 g/mol. The average Bonchev–Trinajstić information content (AvgIpc) is 2.74. The summed E-state index contributed by atoms with van der Waals surface area (Å²) in [5.74, 6) is 0.0401. The zero-order valence-electron chi connectivity index (χ0n) is 18.0. The number of fused-ring (bicyclic) bond motifs is 1. The minimum Gasteiger partial charge on any atom is -0.492 e. The highest BCUT2D eigenvalue weighted by atomic mass is 35.5. The number of carbonyl (C=O) groups is 2. The normalized spacial score (nSPS) is 10.2. The number of amides is 1. The van der Waals surface area contributed by atoms with Crippen LogP contribution in [0, 0.1) is 6.92 Å². The Kier molecular flexibility index (Phi) is 8.60. The molecule has 170 valence electrons. The van der Waals surface area contributed by atoms with Crippen LogP contribution in [0.2, 0.25) is 0 Å². The summed E-state index contributed by atoms with van der Waals surface area (Å²) in [7, 11) is 0. The van der Waals surface area contributed by atoms with Gasteiger partial charge in [-0.15, -0.1) is 12.4 Å². The fourth-order valence-corrected chi connectivity index (χ4v) is 2.93. The Hall–Kier alpha value is -3.59. The minimum atomic E-state index is -0.558. The summed E-state index contributed by atoms with van der Waals surface area (Å²) in [4.78, 5) is 32.3. The van der Waals surface area contributed by atoms with Gasteiger partial charge in [0.25, 0.3) is 5.91 Å². The molecule has 2 heterocycles. The van der Waals surface area contributed by atoms with E-state index in [1.807, 2.05) is 19.9 Å². The fraction of sp³-hybridized carbons (Fsp3) is 0.273. The van der Waals surface area contributed by atoms with E-state index < -0.39 is 11.9 Å². The van der Waals surface area contributed by atoms with Crippen LogP contribution in [0.25, 0.3) is 11.0 Å². The van der Waals surface area contributed by atoms with E-state index in [9.17, 15) is 9.59 Å². The van der Waals surface area contributed by atoms with E-state index in [0.29, 0.717) is 46.2 Å². The van der Waals surface area contributed by atoms with E-state index in [-0.39, 0.29) is 31.2 Å². The summed E-state index contributed by atoms with van der Waals surface area (Å²) < 4.78 is 16.1. The van der Waals surface area contributed by atoms with Crippen molar-refractivity contribution in [3.8, 4) is 11.5 Å². The summed E-state index contributed by atoms with van der Waals surface area (Å²) in [5.41, 5.74) is 7.73. The van der Waals surface area contributed by atoms with E-state index >= 15 is 0 Å². The maximum absolute atomic E-state index is 12.6. The van der Waals surface area contributed by atoms with Gasteiger partial charge < -0.3 is 25.3 Å². The molecule has 0 aliphatic rings. The van der Waals surface area contributed by atoms with Gasteiger partial charge in [-0.2, -0.15) is 0 Å². The van der Waals surface area contributed by atoms with Crippen LogP contribution in [-0.4, -0.2) is 41.7 Å².